The molecular weight excluding hydrogens is 308 g/mol. The van der Waals surface area contributed by atoms with Gasteiger partial charge in [-0.2, -0.15) is 0 Å². The average Bonchev–Trinajstić information content (AvgIpc) is 2.52. The predicted molar refractivity (Wildman–Crippen MR) is 95.1 cm³/mol. The fourth-order valence-corrected chi connectivity index (χ4v) is 3.61. The summed E-state index contributed by atoms with van der Waals surface area (Å²) >= 11 is 0. The van der Waals surface area contributed by atoms with Gasteiger partial charge in [0.2, 0.25) is 10.0 Å². The summed E-state index contributed by atoms with van der Waals surface area (Å²) in [5.41, 5.74) is 1.89. The van der Waals surface area contributed by atoms with Crippen LogP contribution in [0.3, 0.4) is 0 Å². The molecule has 0 spiro atoms. The summed E-state index contributed by atoms with van der Waals surface area (Å²) in [5.74, 6) is 0.346. The standard InChI is InChI=1S/C18H24N2O2S/c1-14(2)17(13-20(3)15-9-5-4-6-10-15)16-11-7-8-12-18(16)23(19,21)22/h4-12,14,17H,13H2,1-3H3,(H2,19,21,22). The van der Waals surface area contributed by atoms with Gasteiger partial charge in [0.25, 0.3) is 0 Å². The number of nitrogens with zero attached hydrogens (tertiary/aromatic N) is 1. The number of anilines is 1. The third-order valence-electron chi connectivity index (χ3n) is 4.10. The molecule has 2 aromatic carbocycles. The van der Waals surface area contributed by atoms with E-state index in [1.54, 1.807) is 12.1 Å². The number of primary sulfonamides is 1. The van der Waals surface area contributed by atoms with Crippen molar-refractivity contribution in [1.29, 1.82) is 0 Å². The molecule has 2 aromatic rings. The Morgan fingerprint density at radius 3 is 2.13 bits per heavy atom. The summed E-state index contributed by atoms with van der Waals surface area (Å²) in [6.45, 7) is 4.92. The van der Waals surface area contributed by atoms with E-state index < -0.39 is 10.0 Å². The average molecular weight is 332 g/mol. The lowest BCUT2D eigenvalue weighted by Gasteiger charge is -2.29. The van der Waals surface area contributed by atoms with Gasteiger partial charge in [-0.3, -0.25) is 0 Å². The Morgan fingerprint density at radius 2 is 1.57 bits per heavy atom. The van der Waals surface area contributed by atoms with Crippen LogP contribution in [0.2, 0.25) is 0 Å². The van der Waals surface area contributed by atoms with Crippen LogP contribution in [0.1, 0.15) is 25.3 Å². The number of nitrogens with two attached hydrogens (primary N) is 1. The maximum absolute atomic E-state index is 11.9. The number of hydrogen-bond donors (Lipinski definition) is 1. The summed E-state index contributed by atoms with van der Waals surface area (Å²) in [6, 6.07) is 17.1. The lowest BCUT2D eigenvalue weighted by Crippen LogP contribution is -2.28. The van der Waals surface area contributed by atoms with E-state index in [9.17, 15) is 8.42 Å². The van der Waals surface area contributed by atoms with Gasteiger partial charge in [0.05, 0.1) is 4.90 Å². The van der Waals surface area contributed by atoms with Crippen LogP contribution in [-0.4, -0.2) is 22.0 Å². The number of sulfonamides is 1. The first-order chi connectivity index (χ1) is 10.8. The molecule has 0 amide bonds. The topological polar surface area (TPSA) is 63.4 Å². The fraction of sp³-hybridized carbons (Fsp3) is 0.333. The SMILES string of the molecule is CC(C)C(CN(C)c1ccccc1)c1ccccc1S(N)(=O)=O. The van der Waals surface area contributed by atoms with Gasteiger partial charge >= 0.3 is 0 Å². The van der Waals surface area contributed by atoms with Gasteiger partial charge in [-0.05, 0) is 29.7 Å². The van der Waals surface area contributed by atoms with Crippen LogP contribution in [0.4, 0.5) is 5.69 Å². The highest BCUT2D eigenvalue weighted by atomic mass is 32.2. The van der Waals surface area contributed by atoms with Gasteiger partial charge in [-0.1, -0.05) is 50.2 Å². The number of rotatable bonds is 6. The molecule has 0 bridgehead atoms. The molecule has 0 radical (unpaired) electrons. The summed E-state index contributed by atoms with van der Waals surface area (Å²) in [7, 11) is -1.71. The molecular formula is C18H24N2O2S. The first-order valence-corrected chi connectivity index (χ1v) is 9.23. The van der Waals surface area contributed by atoms with Crippen LogP contribution in [0.25, 0.3) is 0 Å². The summed E-state index contributed by atoms with van der Waals surface area (Å²) in [4.78, 5) is 2.37. The summed E-state index contributed by atoms with van der Waals surface area (Å²) in [6.07, 6.45) is 0. The molecule has 0 aromatic heterocycles. The smallest absolute Gasteiger partial charge is 0.238 e. The second-order valence-electron chi connectivity index (χ2n) is 6.15. The van der Waals surface area contributed by atoms with Crippen molar-refractivity contribution < 1.29 is 8.42 Å². The second-order valence-corrected chi connectivity index (χ2v) is 7.68. The Kier molecular flexibility index (Phi) is 5.44. The van der Waals surface area contributed by atoms with Crippen molar-refractivity contribution in [1.82, 2.24) is 0 Å². The zero-order chi connectivity index (χ0) is 17.0. The van der Waals surface area contributed by atoms with Crippen molar-refractivity contribution in [3.05, 3.63) is 60.2 Å². The Hall–Kier alpha value is -1.85. The van der Waals surface area contributed by atoms with Crippen LogP contribution < -0.4 is 10.0 Å². The van der Waals surface area contributed by atoms with Crippen molar-refractivity contribution in [3.8, 4) is 0 Å². The number of likely N-dealkylation sites (N-methyl/N-ethyl adjacent to an activating group) is 1. The highest BCUT2D eigenvalue weighted by Gasteiger charge is 2.24. The second kappa shape index (κ2) is 7.15. The maximum atomic E-state index is 11.9. The minimum atomic E-state index is -3.73. The van der Waals surface area contributed by atoms with Gasteiger partial charge in [0.1, 0.15) is 0 Å². The fourth-order valence-electron chi connectivity index (χ4n) is 2.80. The van der Waals surface area contributed by atoms with E-state index in [-0.39, 0.29) is 16.7 Å². The monoisotopic (exact) mass is 332 g/mol. The molecule has 0 heterocycles. The van der Waals surface area contributed by atoms with Crippen LogP contribution in [0.5, 0.6) is 0 Å². The van der Waals surface area contributed by atoms with E-state index in [0.717, 1.165) is 11.3 Å². The van der Waals surface area contributed by atoms with E-state index in [0.29, 0.717) is 6.54 Å². The third kappa shape index (κ3) is 4.33. The minimum Gasteiger partial charge on any atom is -0.374 e. The highest BCUT2D eigenvalue weighted by molar-refractivity contribution is 7.89. The molecule has 2 rings (SSSR count). The van der Waals surface area contributed by atoms with Crippen molar-refractivity contribution in [2.24, 2.45) is 11.1 Å². The van der Waals surface area contributed by atoms with Crippen LogP contribution in [0.15, 0.2) is 59.5 Å². The minimum absolute atomic E-state index is 0.0646. The number of benzene rings is 2. The Bertz CT molecular complexity index is 743. The van der Waals surface area contributed by atoms with E-state index in [4.69, 9.17) is 5.14 Å². The first kappa shape index (κ1) is 17.5. The Morgan fingerprint density at radius 1 is 1.00 bits per heavy atom. The van der Waals surface area contributed by atoms with Crippen LogP contribution in [0, 0.1) is 5.92 Å². The first-order valence-electron chi connectivity index (χ1n) is 7.68. The van der Waals surface area contributed by atoms with Gasteiger partial charge < -0.3 is 4.90 Å². The molecule has 1 atom stereocenters. The Labute approximate surface area is 139 Å². The van der Waals surface area contributed by atoms with Crippen LogP contribution >= 0.6 is 0 Å². The molecule has 0 fully saturated rings. The molecule has 23 heavy (non-hydrogen) atoms. The van der Waals surface area contributed by atoms with Crippen LogP contribution in [-0.2, 0) is 10.0 Å². The van der Waals surface area contributed by atoms with Gasteiger partial charge in [-0.15, -0.1) is 0 Å². The Balaban J connectivity index is 2.37. The largest absolute Gasteiger partial charge is 0.374 e. The van der Waals surface area contributed by atoms with Crippen molar-refractivity contribution in [2.45, 2.75) is 24.7 Å². The zero-order valence-corrected chi connectivity index (χ0v) is 14.6. The lowest BCUT2D eigenvalue weighted by molar-refractivity contribution is 0.489. The normalized spacial score (nSPS) is 13.1. The molecule has 0 saturated heterocycles. The van der Waals surface area contributed by atoms with Gasteiger partial charge in [-0.25, -0.2) is 13.6 Å². The molecule has 5 heteroatoms. The van der Waals surface area contributed by atoms with E-state index >= 15 is 0 Å². The summed E-state index contributed by atoms with van der Waals surface area (Å²) < 4.78 is 23.8. The summed E-state index contributed by atoms with van der Waals surface area (Å²) in [5, 5.41) is 5.40. The zero-order valence-electron chi connectivity index (χ0n) is 13.8. The van der Waals surface area contributed by atoms with E-state index in [1.807, 2.05) is 49.5 Å². The molecule has 124 valence electrons. The quantitative estimate of drug-likeness (QED) is 0.883. The van der Waals surface area contributed by atoms with E-state index in [1.165, 1.54) is 0 Å². The van der Waals surface area contributed by atoms with Crippen molar-refractivity contribution >= 4 is 15.7 Å². The molecule has 2 N–H and O–H groups in total. The third-order valence-corrected chi connectivity index (χ3v) is 5.08. The molecule has 0 aliphatic heterocycles. The predicted octanol–water partition coefficient (Wildman–Crippen LogP) is 3.21. The molecule has 1 unspecified atom stereocenters. The van der Waals surface area contributed by atoms with E-state index in [2.05, 4.69) is 18.7 Å². The van der Waals surface area contributed by atoms with Crippen molar-refractivity contribution in [2.75, 3.05) is 18.5 Å². The van der Waals surface area contributed by atoms with Crippen molar-refractivity contribution in [3.63, 3.8) is 0 Å². The molecule has 0 saturated carbocycles. The number of hydrogen-bond acceptors (Lipinski definition) is 3. The highest BCUT2D eigenvalue weighted by Crippen LogP contribution is 2.31. The maximum Gasteiger partial charge on any atom is 0.238 e. The molecule has 0 aliphatic rings. The van der Waals surface area contributed by atoms with Gasteiger partial charge in [0.15, 0.2) is 0 Å². The van der Waals surface area contributed by atoms with Gasteiger partial charge in [0, 0.05) is 25.2 Å². The lowest BCUT2D eigenvalue weighted by atomic mass is 9.88. The molecule has 4 nitrogen and oxygen atoms in total. The number of para-hydroxylation sites is 1. The molecule has 0 aliphatic carbocycles.